The van der Waals surface area contributed by atoms with E-state index in [4.69, 9.17) is 0 Å². The van der Waals surface area contributed by atoms with E-state index in [9.17, 15) is 8.42 Å². The van der Waals surface area contributed by atoms with Crippen LogP contribution < -0.4 is 5.32 Å². The van der Waals surface area contributed by atoms with E-state index in [0.717, 1.165) is 16.6 Å². The van der Waals surface area contributed by atoms with E-state index < -0.39 is 9.84 Å². The number of sulfone groups is 1. The first-order chi connectivity index (χ1) is 8.62. The second-order valence-electron chi connectivity index (χ2n) is 4.13. The van der Waals surface area contributed by atoms with Gasteiger partial charge in [0.15, 0.2) is 9.84 Å². The second kappa shape index (κ2) is 5.49. The summed E-state index contributed by atoms with van der Waals surface area (Å²) in [5, 5.41) is 4.22. The Kier molecular flexibility index (Phi) is 3.98. The fourth-order valence-corrected chi connectivity index (χ4v) is 2.50. The topological polar surface area (TPSA) is 74.8 Å². The SMILES string of the molecule is CCS(=O)(=O)CCNCc1c[nH]c2ncccc12. The van der Waals surface area contributed by atoms with E-state index >= 15 is 0 Å². The number of nitrogens with zero attached hydrogens (tertiary/aromatic N) is 1. The van der Waals surface area contributed by atoms with Gasteiger partial charge in [0.2, 0.25) is 0 Å². The highest BCUT2D eigenvalue weighted by Crippen LogP contribution is 2.14. The average molecular weight is 267 g/mol. The number of pyridine rings is 1. The average Bonchev–Trinajstić information content (AvgIpc) is 2.78. The summed E-state index contributed by atoms with van der Waals surface area (Å²) < 4.78 is 22.6. The van der Waals surface area contributed by atoms with Gasteiger partial charge >= 0.3 is 0 Å². The molecule has 0 aliphatic rings. The van der Waals surface area contributed by atoms with Crippen LogP contribution in [-0.4, -0.2) is 36.4 Å². The Morgan fingerprint density at radius 1 is 1.44 bits per heavy atom. The molecule has 0 saturated carbocycles. The molecule has 0 aliphatic carbocycles. The Balaban J connectivity index is 1.91. The van der Waals surface area contributed by atoms with Gasteiger partial charge in [-0.25, -0.2) is 13.4 Å². The van der Waals surface area contributed by atoms with Crippen LogP contribution in [0.4, 0.5) is 0 Å². The Bertz CT molecular complexity index is 619. The zero-order valence-corrected chi connectivity index (χ0v) is 11.1. The second-order valence-corrected chi connectivity index (χ2v) is 6.60. The first-order valence-corrected chi connectivity index (χ1v) is 7.76. The highest BCUT2D eigenvalue weighted by atomic mass is 32.2. The van der Waals surface area contributed by atoms with Crippen LogP contribution in [-0.2, 0) is 16.4 Å². The van der Waals surface area contributed by atoms with Crippen molar-refractivity contribution in [1.29, 1.82) is 0 Å². The smallest absolute Gasteiger partial charge is 0.151 e. The van der Waals surface area contributed by atoms with Gasteiger partial charge in [-0.05, 0) is 17.7 Å². The van der Waals surface area contributed by atoms with E-state index in [1.54, 1.807) is 13.1 Å². The van der Waals surface area contributed by atoms with Gasteiger partial charge in [0.05, 0.1) is 5.75 Å². The molecule has 0 unspecified atom stereocenters. The van der Waals surface area contributed by atoms with Crippen molar-refractivity contribution >= 4 is 20.9 Å². The van der Waals surface area contributed by atoms with Gasteiger partial charge in [0.25, 0.3) is 0 Å². The third kappa shape index (κ3) is 3.08. The number of aromatic amines is 1. The van der Waals surface area contributed by atoms with Crippen molar-refractivity contribution in [2.45, 2.75) is 13.5 Å². The minimum atomic E-state index is -2.89. The molecule has 0 saturated heterocycles. The summed E-state index contributed by atoms with van der Waals surface area (Å²) in [5.74, 6) is 0.385. The molecule has 0 aliphatic heterocycles. The first-order valence-electron chi connectivity index (χ1n) is 5.94. The maximum atomic E-state index is 11.3. The third-order valence-electron chi connectivity index (χ3n) is 2.88. The third-order valence-corrected chi connectivity index (χ3v) is 4.59. The quantitative estimate of drug-likeness (QED) is 0.768. The Hall–Kier alpha value is -1.40. The summed E-state index contributed by atoms with van der Waals surface area (Å²) in [6.07, 6.45) is 3.64. The number of nitrogens with one attached hydrogen (secondary N) is 2. The molecular formula is C12H17N3O2S. The van der Waals surface area contributed by atoms with Crippen molar-refractivity contribution in [3.05, 3.63) is 30.1 Å². The molecule has 2 aromatic heterocycles. The van der Waals surface area contributed by atoms with Gasteiger partial charge < -0.3 is 10.3 Å². The lowest BCUT2D eigenvalue weighted by Gasteiger charge is -2.04. The van der Waals surface area contributed by atoms with Gasteiger partial charge in [0, 0.05) is 36.6 Å². The maximum absolute atomic E-state index is 11.3. The molecule has 2 N–H and O–H groups in total. The molecule has 0 spiro atoms. The monoisotopic (exact) mass is 267 g/mol. The molecule has 2 rings (SSSR count). The molecule has 2 aromatic rings. The van der Waals surface area contributed by atoms with E-state index in [1.807, 2.05) is 18.3 Å². The minimum absolute atomic E-state index is 0.185. The normalized spacial score (nSPS) is 12.1. The van der Waals surface area contributed by atoms with Crippen molar-refractivity contribution in [3.8, 4) is 0 Å². The van der Waals surface area contributed by atoms with Gasteiger partial charge in [-0.1, -0.05) is 6.92 Å². The minimum Gasteiger partial charge on any atom is -0.346 e. The summed E-state index contributed by atoms with van der Waals surface area (Å²) in [6.45, 7) is 2.79. The molecule has 0 amide bonds. The van der Waals surface area contributed by atoms with Crippen molar-refractivity contribution in [2.75, 3.05) is 18.1 Å². The lowest BCUT2D eigenvalue weighted by molar-refractivity contribution is 0.592. The van der Waals surface area contributed by atoms with Crippen molar-refractivity contribution < 1.29 is 8.42 Å². The number of hydrogen-bond acceptors (Lipinski definition) is 4. The fraction of sp³-hybridized carbons (Fsp3) is 0.417. The molecule has 18 heavy (non-hydrogen) atoms. The number of rotatable bonds is 6. The molecule has 0 atom stereocenters. The lowest BCUT2D eigenvalue weighted by Crippen LogP contribution is -2.23. The summed E-state index contributed by atoms with van der Waals surface area (Å²) in [7, 11) is -2.89. The molecule has 5 nitrogen and oxygen atoms in total. The molecule has 0 aromatic carbocycles. The van der Waals surface area contributed by atoms with Crippen LogP contribution in [0.3, 0.4) is 0 Å². The van der Waals surface area contributed by atoms with E-state index in [1.165, 1.54) is 0 Å². The highest BCUT2D eigenvalue weighted by Gasteiger charge is 2.07. The van der Waals surface area contributed by atoms with Crippen molar-refractivity contribution in [2.24, 2.45) is 0 Å². The zero-order valence-electron chi connectivity index (χ0n) is 10.3. The van der Waals surface area contributed by atoms with Crippen LogP contribution in [0.1, 0.15) is 12.5 Å². The maximum Gasteiger partial charge on any atom is 0.151 e. The predicted molar refractivity (Wildman–Crippen MR) is 72.1 cm³/mol. The van der Waals surface area contributed by atoms with E-state index in [0.29, 0.717) is 13.1 Å². The molecule has 98 valence electrons. The summed E-state index contributed by atoms with van der Waals surface area (Å²) in [4.78, 5) is 7.29. The van der Waals surface area contributed by atoms with Gasteiger partial charge in [-0.3, -0.25) is 0 Å². The van der Waals surface area contributed by atoms with Crippen molar-refractivity contribution in [3.63, 3.8) is 0 Å². The number of H-pyrrole nitrogens is 1. The molecular weight excluding hydrogens is 250 g/mol. The highest BCUT2D eigenvalue weighted by molar-refractivity contribution is 7.91. The Morgan fingerprint density at radius 2 is 2.28 bits per heavy atom. The predicted octanol–water partition coefficient (Wildman–Crippen LogP) is 1.09. The van der Waals surface area contributed by atoms with Crippen LogP contribution in [0, 0.1) is 0 Å². The largest absolute Gasteiger partial charge is 0.346 e. The van der Waals surface area contributed by atoms with Crippen LogP contribution in [0.15, 0.2) is 24.5 Å². The van der Waals surface area contributed by atoms with E-state index in [-0.39, 0.29) is 11.5 Å². The molecule has 0 radical (unpaired) electrons. The fourth-order valence-electron chi connectivity index (χ4n) is 1.75. The van der Waals surface area contributed by atoms with E-state index in [2.05, 4.69) is 15.3 Å². The zero-order chi connectivity index (χ0) is 13.0. The molecule has 0 bridgehead atoms. The molecule has 0 fully saturated rings. The standard InChI is InChI=1S/C12H17N3O2S/c1-2-18(16,17)7-6-13-8-10-9-15-12-11(10)4-3-5-14-12/h3-5,9,13H,2,6-8H2,1H3,(H,14,15). The van der Waals surface area contributed by atoms with Crippen LogP contribution in [0.5, 0.6) is 0 Å². The van der Waals surface area contributed by atoms with Crippen molar-refractivity contribution in [1.82, 2.24) is 15.3 Å². The van der Waals surface area contributed by atoms with Gasteiger partial charge in [-0.15, -0.1) is 0 Å². The summed E-state index contributed by atoms with van der Waals surface area (Å²) >= 11 is 0. The number of fused-ring (bicyclic) bond motifs is 1. The molecule has 2 heterocycles. The Morgan fingerprint density at radius 3 is 3.06 bits per heavy atom. The number of aromatic nitrogens is 2. The first kappa shape index (κ1) is 13.0. The van der Waals surface area contributed by atoms with Crippen LogP contribution in [0.25, 0.3) is 11.0 Å². The number of hydrogen-bond donors (Lipinski definition) is 2. The van der Waals surface area contributed by atoms with Gasteiger partial charge in [0.1, 0.15) is 5.65 Å². The van der Waals surface area contributed by atoms with Crippen LogP contribution >= 0.6 is 0 Å². The summed E-state index contributed by atoms with van der Waals surface area (Å²) in [6, 6.07) is 3.89. The lowest BCUT2D eigenvalue weighted by atomic mass is 10.2. The molecule has 6 heteroatoms. The van der Waals surface area contributed by atoms with Crippen LogP contribution in [0.2, 0.25) is 0 Å². The van der Waals surface area contributed by atoms with Gasteiger partial charge in [-0.2, -0.15) is 0 Å². The summed E-state index contributed by atoms with van der Waals surface area (Å²) in [5.41, 5.74) is 1.96. The Labute approximate surface area is 107 Å².